The summed E-state index contributed by atoms with van der Waals surface area (Å²) in [4.78, 5) is 0. The quantitative estimate of drug-likeness (QED) is 0.598. The van der Waals surface area contributed by atoms with Crippen LogP contribution in [0.15, 0.2) is 0 Å². The standard InChI is InChI=1S/C12H16O3/c1-2-8-9-7-12(14-5-6-15-12)10(9)3-4-11(8)13/h1,8-11,13H,3-7H2. The van der Waals surface area contributed by atoms with E-state index in [0.717, 1.165) is 19.3 Å². The highest BCUT2D eigenvalue weighted by Crippen LogP contribution is 2.57. The molecule has 3 rings (SSSR count). The zero-order valence-electron chi connectivity index (χ0n) is 8.69. The summed E-state index contributed by atoms with van der Waals surface area (Å²) in [5.74, 6) is 3.21. The molecule has 3 heteroatoms. The first-order chi connectivity index (χ1) is 7.27. The smallest absolute Gasteiger partial charge is 0.171 e. The van der Waals surface area contributed by atoms with Gasteiger partial charge in [-0.1, -0.05) is 0 Å². The summed E-state index contributed by atoms with van der Waals surface area (Å²) in [5.41, 5.74) is 0. The van der Waals surface area contributed by atoms with Crippen LogP contribution in [-0.4, -0.2) is 30.2 Å². The fraction of sp³-hybridized carbons (Fsp3) is 0.833. The molecule has 3 fully saturated rings. The number of rotatable bonds is 0. The van der Waals surface area contributed by atoms with E-state index in [4.69, 9.17) is 15.9 Å². The van der Waals surface area contributed by atoms with Gasteiger partial charge in [0.1, 0.15) is 0 Å². The molecule has 2 aliphatic carbocycles. The maximum absolute atomic E-state index is 9.80. The fourth-order valence-corrected chi connectivity index (χ4v) is 3.45. The Labute approximate surface area is 89.8 Å². The minimum absolute atomic E-state index is 0.00201. The Morgan fingerprint density at radius 2 is 2.00 bits per heavy atom. The molecule has 3 nitrogen and oxygen atoms in total. The zero-order chi connectivity index (χ0) is 10.5. The van der Waals surface area contributed by atoms with Crippen molar-refractivity contribution in [3.63, 3.8) is 0 Å². The summed E-state index contributed by atoms with van der Waals surface area (Å²) < 4.78 is 11.4. The molecule has 0 radical (unpaired) electrons. The van der Waals surface area contributed by atoms with Gasteiger partial charge in [-0.3, -0.25) is 0 Å². The first-order valence-electron chi connectivity index (χ1n) is 5.69. The summed E-state index contributed by atoms with van der Waals surface area (Å²) >= 11 is 0. The predicted octanol–water partition coefficient (Wildman–Crippen LogP) is 0.770. The lowest BCUT2D eigenvalue weighted by Gasteiger charge is -2.56. The van der Waals surface area contributed by atoms with Crippen molar-refractivity contribution in [2.45, 2.75) is 31.2 Å². The number of hydrogen-bond donors (Lipinski definition) is 1. The van der Waals surface area contributed by atoms with Gasteiger partial charge in [0.05, 0.1) is 19.3 Å². The van der Waals surface area contributed by atoms with E-state index >= 15 is 0 Å². The lowest BCUT2D eigenvalue weighted by Crippen LogP contribution is -2.60. The molecule has 0 aromatic carbocycles. The molecule has 0 aromatic heterocycles. The van der Waals surface area contributed by atoms with Crippen LogP contribution in [0.1, 0.15) is 19.3 Å². The Bertz CT molecular complexity index is 300. The van der Waals surface area contributed by atoms with Gasteiger partial charge in [0.25, 0.3) is 0 Å². The zero-order valence-corrected chi connectivity index (χ0v) is 8.69. The Hall–Kier alpha value is -0.560. The third kappa shape index (κ3) is 1.19. The second-order valence-corrected chi connectivity index (χ2v) is 4.82. The molecule has 3 aliphatic rings. The second kappa shape index (κ2) is 3.21. The normalized spacial score (nSPS) is 46.9. The number of aliphatic hydroxyl groups excluding tert-OH is 1. The number of aliphatic hydroxyl groups is 1. The van der Waals surface area contributed by atoms with E-state index in [1.165, 1.54) is 0 Å². The van der Waals surface area contributed by atoms with E-state index in [1.807, 2.05) is 0 Å². The van der Waals surface area contributed by atoms with Crippen LogP contribution in [0.5, 0.6) is 0 Å². The molecule has 1 saturated heterocycles. The molecule has 0 amide bonds. The first kappa shape index (κ1) is 9.65. The van der Waals surface area contributed by atoms with Crippen LogP contribution in [0.25, 0.3) is 0 Å². The van der Waals surface area contributed by atoms with E-state index in [2.05, 4.69) is 5.92 Å². The van der Waals surface area contributed by atoms with Crippen molar-refractivity contribution in [2.24, 2.45) is 17.8 Å². The van der Waals surface area contributed by atoms with Gasteiger partial charge in [-0.15, -0.1) is 12.3 Å². The van der Waals surface area contributed by atoms with Gasteiger partial charge in [0.15, 0.2) is 5.79 Å². The largest absolute Gasteiger partial charge is 0.392 e. The van der Waals surface area contributed by atoms with Gasteiger partial charge < -0.3 is 14.6 Å². The third-order valence-corrected chi connectivity index (χ3v) is 4.22. The minimum atomic E-state index is -0.333. The fourth-order valence-electron chi connectivity index (χ4n) is 3.45. The van der Waals surface area contributed by atoms with Crippen LogP contribution in [0, 0.1) is 30.1 Å². The topological polar surface area (TPSA) is 38.7 Å². The highest BCUT2D eigenvalue weighted by molar-refractivity contribution is 5.13. The average molecular weight is 208 g/mol. The van der Waals surface area contributed by atoms with Crippen LogP contribution in [0.4, 0.5) is 0 Å². The van der Waals surface area contributed by atoms with E-state index < -0.39 is 0 Å². The third-order valence-electron chi connectivity index (χ3n) is 4.22. The summed E-state index contributed by atoms with van der Waals surface area (Å²) in [6, 6.07) is 0. The predicted molar refractivity (Wildman–Crippen MR) is 53.8 cm³/mol. The molecule has 1 heterocycles. The summed E-state index contributed by atoms with van der Waals surface area (Å²) in [6.45, 7) is 1.40. The molecule has 15 heavy (non-hydrogen) atoms. The van der Waals surface area contributed by atoms with Crippen LogP contribution in [0.3, 0.4) is 0 Å². The molecular formula is C12H16O3. The maximum atomic E-state index is 9.80. The second-order valence-electron chi connectivity index (χ2n) is 4.82. The highest BCUT2D eigenvalue weighted by Gasteiger charge is 2.62. The molecule has 1 aliphatic heterocycles. The Balaban J connectivity index is 1.78. The summed E-state index contributed by atoms with van der Waals surface area (Å²) in [5, 5.41) is 9.80. The first-order valence-corrected chi connectivity index (χ1v) is 5.69. The van der Waals surface area contributed by atoms with Crippen molar-refractivity contribution in [2.75, 3.05) is 13.2 Å². The lowest BCUT2D eigenvalue weighted by atomic mass is 9.56. The molecule has 4 atom stereocenters. The van der Waals surface area contributed by atoms with Crippen LogP contribution in [-0.2, 0) is 9.47 Å². The van der Waals surface area contributed by atoms with Gasteiger partial charge in [-0.05, 0) is 18.8 Å². The van der Waals surface area contributed by atoms with E-state index in [9.17, 15) is 5.11 Å². The Kier molecular flexibility index (Phi) is 2.07. The lowest BCUT2D eigenvalue weighted by molar-refractivity contribution is -0.296. The molecule has 1 spiro atoms. The van der Waals surface area contributed by atoms with Crippen molar-refractivity contribution in [3.8, 4) is 12.3 Å². The van der Waals surface area contributed by atoms with Crippen LogP contribution >= 0.6 is 0 Å². The van der Waals surface area contributed by atoms with Crippen molar-refractivity contribution in [1.29, 1.82) is 0 Å². The van der Waals surface area contributed by atoms with Gasteiger partial charge in [-0.25, -0.2) is 0 Å². The number of terminal acetylenes is 1. The molecule has 1 N–H and O–H groups in total. The van der Waals surface area contributed by atoms with Crippen molar-refractivity contribution < 1.29 is 14.6 Å². The maximum Gasteiger partial charge on any atom is 0.171 e. The molecule has 2 saturated carbocycles. The average Bonchev–Trinajstić information content (AvgIpc) is 2.68. The van der Waals surface area contributed by atoms with E-state index in [0.29, 0.717) is 25.0 Å². The molecule has 4 unspecified atom stereocenters. The number of ether oxygens (including phenoxy) is 2. The van der Waals surface area contributed by atoms with Crippen LogP contribution < -0.4 is 0 Å². The van der Waals surface area contributed by atoms with E-state index in [1.54, 1.807) is 0 Å². The Morgan fingerprint density at radius 1 is 1.27 bits per heavy atom. The number of hydrogen-bond acceptors (Lipinski definition) is 3. The molecule has 0 aromatic rings. The highest BCUT2D eigenvalue weighted by atomic mass is 16.7. The molecular weight excluding hydrogens is 192 g/mol. The van der Waals surface area contributed by atoms with Gasteiger partial charge >= 0.3 is 0 Å². The SMILES string of the molecule is C#CC1C(O)CCC2C1CC21OCCO1. The van der Waals surface area contributed by atoms with Crippen molar-refractivity contribution in [3.05, 3.63) is 0 Å². The number of fused-ring (bicyclic) bond motifs is 2. The minimum Gasteiger partial charge on any atom is -0.392 e. The van der Waals surface area contributed by atoms with Gasteiger partial charge in [0.2, 0.25) is 0 Å². The molecule has 82 valence electrons. The van der Waals surface area contributed by atoms with E-state index in [-0.39, 0.29) is 17.8 Å². The summed E-state index contributed by atoms with van der Waals surface area (Å²) in [7, 11) is 0. The summed E-state index contributed by atoms with van der Waals surface area (Å²) in [6.07, 6.45) is 7.77. The van der Waals surface area contributed by atoms with Crippen molar-refractivity contribution in [1.82, 2.24) is 0 Å². The molecule has 0 bridgehead atoms. The van der Waals surface area contributed by atoms with Gasteiger partial charge in [-0.2, -0.15) is 0 Å². The monoisotopic (exact) mass is 208 g/mol. The van der Waals surface area contributed by atoms with Crippen LogP contribution in [0.2, 0.25) is 0 Å². The van der Waals surface area contributed by atoms with Gasteiger partial charge in [0, 0.05) is 18.3 Å². The Morgan fingerprint density at radius 3 is 2.67 bits per heavy atom. The van der Waals surface area contributed by atoms with Crippen molar-refractivity contribution >= 4 is 0 Å².